The molecule has 0 spiro atoms. The van der Waals surface area contributed by atoms with Crippen molar-refractivity contribution in [3.05, 3.63) is 29.8 Å². The first-order valence-corrected chi connectivity index (χ1v) is 9.01. The van der Waals surface area contributed by atoms with Crippen LogP contribution in [0.1, 0.15) is 58.4 Å². The van der Waals surface area contributed by atoms with Gasteiger partial charge in [-0.1, -0.05) is 32.9 Å². The molecule has 25 heavy (non-hydrogen) atoms. The van der Waals surface area contributed by atoms with E-state index in [1.165, 1.54) is 5.56 Å². The van der Waals surface area contributed by atoms with Crippen molar-refractivity contribution in [2.45, 2.75) is 64.3 Å². The maximum atomic E-state index is 12.3. The number of carbonyl (C=O) groups is 2. The Bertz CT molecular complexity index is 589. The number of ether oxygens (including phenoxy) is 1. The van der Waals surface area contributed by atoms with Crippen LogP contribution in [-0.2, 0) is 19.7 Å². The second-order valence-corrected chi connectivity index (χ2v) is 7.68. The van der Waals surface area contributed by atoms with E-state index in [1.807, 2.05) is 17.0 Å². The molecule has 0 bridgehead atoms. The van der Waals surface area contributed by atoms with Crippen LogP contribution in [0.3, 0.4) is 0 Å². The van der Waals surface area contributed by atoms with Crippen molar-refractivity contribution in [2.24, 2.45) is 0 Å². The highest BCUT2D eigenvalue weighted by molar-refractivity contribution is 5.96. The Morgan fingerprint density at radius 1 is 1.24 bits per heavy atom. The van der Waals surface area contributed by atoms with Gasteiger partial charge in [-0.25, -0.2) is 0 Å². The lowest BCUT2D eigenvalue weighted by atomic mass is 9.87. The number of hydrogen-bond acceptors (Lipinski definition) is 3. The molecule has 1 atom stereocenters. The highest BCUT2D eigenvalue weighted by Gasteiger charge is 2.32. The van der Waals surface area contributed by atoms with Gasteiger partial charge in [0.2, 0.25) is 5.91 Å². The molecular weight excluding hydrogens is 318 g/mol. The number of rotatable bonds is 8. The molecule has 1 fully saturated rings. The van der Waals surface area contributed by atoms with Gasteiger partial charge in [0.05, 0.1) is 12.6 Å². The van der Waals surface area contributed by atoms with Crippen molar-refractivity contribution in [2.75, 3.05) is 18.1 Å². The zero-order valence-corrected chi connectivity index (χ0v) is 15.5. The van der Waals surface area contributed by atoms with Crippen molar-refractivity contribution < 1.29 is 19.4 Å². The fourth-order valence-electron chi connectivity index (χ4n) is 3.08. The number of carboxylic acids is 1. The van der Waals surface area contributed by atoms with Gasteiger partial charge in [-0.3, -0.25) is 9.59 Å². The number of anilines is 1. The molecule has 138 valence electrons. The number of unbranched alkanes of at least 4 members (excludes halogenated alkanes) is 1. The summed E-state index contributed by atoms with van der Waals surface area (Å²) >= 11 is 0. The molecule has 5 heteroatoms. The smallest absolute Gasteiger partial charge is 0.303 e. The van der Waals surface area contributed by atoms with E-state index >= 15 is 0 Å². The quantitative estimate of drug-likeness (QED) is 0.727. The van der Waals surface area contributed by atoms with E-state index in [9.17, 15) is 9.59 Å². The summed E-state index contributed by atoms with van der Waals surface area (Å²) in [6, 6.07) is 8.27. The van der Waals surface area contributed by atoms with E-state index < -0.39 is 5.97 Å². The summed E-state index contributed by atoms with van der Waals surface area (Å²) in [5.74, 6) is -0.630. The summed E-state index contributed by atoms with van der Waals surface area (Å²) in [5.41, 5.74) is 2.26. The van der Waals surface area contributed by atoms with Crippen LogP contribution in [0.15, 0.2) is 24.3 Å². The number of nitrogens with zero attached hydrogens (tertiary/aromatic N) is 1. The second kappa shape index (κ2) is 8.48. The highest BCUT2D eigenvalue weighted by Crippen LogP contribution is 2.30. The van der Waals surface area contributed by atoms with Gasteiger partial charge >= 0.3 is 5.97 Å². The molecule has 1 N–H and O–H groups in total. The van der Waals surface area contributed by atoms with Crippen LogP contribution in [0, 0.1) is 0 Å². The average Bonchev–Trinajstić information content (AvgIpc) is 2.90. The number of aliphatic carboxylic acids is 1. The molecule has 5 nitrogen and oxygen atoms in total. The molecule has 2 rings (SSSR count). The average molecular weight is 347 g/mol. The van der Waals surface area contributed by atoms with Gasteiger partial charge < -0.3 is 14.7 Å². The number of carbonyl (C=O) groups excluding carboxylic acids is 1. The molecule has 1 heterocycles. The van der Waals surface area contributed by atoms with Crippen LogP contribution >= 0.6 is 0 Å². The molecule has 1 aliphatic heterocycles. The first-order chi connectivity index (χ1) is 11.8. The summed E-state index contributed by atoms with van der Waals surface area (Å²) in [5, 5.41) is 8.62. The lowest BCUT2D eigenvalue weighted by Gasteiger charge is -2.26. The summed E-state index contributed by atoms with van der Waals surface area (Å²) in [6.45, 7) is 7.55. The van der Waals surface area contributed by atoms with E-state index in [4.69, 9.17) is 9.84 Å². The van der Waals surface area contributed by atoms with Gasteiger partial charge in [0.1, 0.15) is 0 Å². The van der Waals surface area contributed by atoms with Gasteiger partial charge in [0.25, 0.3) is 0 Å². The molecule has 0 aromatic heterocycles. The van der Waals surface area contributed by atoms with Crippen LogP contribution in [0.25, 0.3) is 0 Å². The fourth-order valence-corrected chi connectivity index (χ4v) is 3.08. The molecule has 0 radical (unpaired) electrons. The lowest BCUT2D eigenvalue weighted by molar-refractivity contribution is -0.137. The molecule has 0 aliphatic carbocycles. The van der Waals surface area contributed by atoms with Gasteiger partial charge in [-0.2, -0.15) is 0 Å². The minimum Gasteiger partial charge on any atom is -0.481 e. The topological polar surface area (TPSA) is 66.8 Å². The zero-order chi connectivity index (χ0) is 18.4. The van der Waals surface area contributed by atoms with Crippen LogP contribution in [0.2, 0.25) is 0 Å². The van der Waals surface area contributed by atoms with Gasteiger partial charge in [-0.05, 0) is 42.4 Å². The largest absolute Gasteiger partial charge is 0.481 e. The third-order valence-electron chi connectivity index (χ3n) is 4.58. The maximum Gasteiger partial charge on any atom is 0.303 e. The van der Waals surface area contributed by atoms with Crippen molar-refractivity contribution in [3.8, 4) is 0 Å². The van der Waals surface area contributed by atoms with Crippen LogP contribution in [-0.4, -0.2) is 36.2 Å². The number of amides is 1. The van der Waals surface area contributed by atoms with E-state index in [0.29, 0.717) is 26.1 Å². The predicted octanol–water partition coefficient (Wildman–Crippen LogP) is 3.75. The van der Waals surface area contributed by atoms with Crippen molar-refractivity contribution >= 4 is 17.6 Å². The highest BCUT2D eigenvalue weighted by atomic mass is 16.5. The predicted molar refractivity (Wildman–Crippen MR) is 98.0 cm³/mol. The molecule has 0 saturated carbocycles. The van der Waals surface area contributed by atoms with Crippen LogP contribution < -0.4 is 4.90 Å². The van der Waals surface area contributed by atoms with Gasteiger partial charge in [0, 0.05) is 25.1 Å². The molecule has 1 aliphatic rings. The SMILES string of the molecule is CC(C)(C)c1ccc(N2C(=O)CC[C@@H]2COCCCCC(=O)O)cc1. The van der Waals surface area contributed by atoms with Crippen molar-refractivity contribution in [1.29, 1.82) is 0 Å². The number of benzene rings is 1. The molecule has 1 aromatic rings. The first kappa shape index (κ1) is 19.4. The number of carboxylic acid groups (broad SMARTS) is 1. The Morgan fingerprint density at radius 2 is 1.92 bits per heavy atom. The molecular formula is C20H29NO4. The van der Waals surface area contributed by atoms with Gasteiger partial charge in [0.15, 0.2) is 0 Å². The Hall–Kier alpha value is -1.88. The third-order valence-corrected chi connectivity index (χ3v) is 4.58. The molecule has 1 aromatic carbocycles. The normalized spacial score (nSPS) is 18.0. The first-order valence-electron chi connectivity index (χ1n) is 9.01. The van der Waals surface area contributed by atoms with E-state index in [-0.39, 0.29) is 23.8 Å². The van der Waals surface area contributed by atoms with E-state index in [2.05, 4.69) is 32.9 Å². The fraction of sp³-hybridized carbons (Fsp3) is 0.600. The maximum absolute atomic E-state index is 12.3. The van der Waals surface area contributed by atoms with Crippen LogP contribution in [0.4, 0.5) is 5.69 Å². The Morgan fingerprint density at radius 3 is 2.52 bits per heavy atom. The zero-order valence-electron chi connectivity index (χ0n) is 15.5. The summed E-state index contributed by atoms with van der Waals surface area (Å²) in [7, 11) is 0. The Labute approximate surface area is 150 Å². The number of hydrogen-bond donors (Lipinski definition) is 1. The van der Waals surface area contributed by atoms with Crippen molar-refractivity contribution in [3.63, 3.8) is 0 Å². The van der Waals surface area contributed by atoms with E-state index in [1.54, 1.807) is 0 Å². The summed E-state index contributed by atoms with van der Waals surface area (Å²) in [4.78, 5) is 24.6. The summed E-state index contributed by atoms with van der Waals surface area (Å²) in [6.07, 6.45) is 2.88. The Kier molecular flexibility index (Phi) is 6.59. The van der Waals surface area contributed by atoms with Crippen LogP contribution in [0.5, 0.6) is 0 Å². The standard InChI is InChI=1S/C20H29NO4/c1-20(2,3)15-7-9-16(10-8-15)21-17(11-12-18(21)22)14-25-13-5-4-6-19(23)24/h7-10,17H,4-6,11-14H2,1-3H3,(H,23,24)/t17-/m1/s1. The lowest BCUT2D eigenvalue weighted by Crippen LogP contribution is -2.36. The monoisotopic (exact) mass is 347 g/mol. The third kappa shape index (κ3) is 5.56. The second-order valence-electron chi connectivity index (χ2n) is 7.68. The van der Waals surface area contributed by atoms with Gasteiger partial charge in [-0.15, -0.1) is 0 Å². The van der Waals surface area contributed by atoms with Crippen molar-refractivity contribution in [1.82, 2.24) is 0 Å². The van der Waals surface area contributed by atoms with E-state index in [0.717, 1.165) is 18.5 Å². The molecule has 1 saturated heterocycles. The minimum absolute atomic E-state index is 0.0625. The minimum atomic E-state index is -0.772. The summed E-state index contributed by atoms with van der Waals surface area (Å²) < 4.78 is 5.69. The Balaban J connectivity index is 1.89. The molecule has 0 unspecified atom stereocenters. The molecule has 1 amide bonds.